The topological polar surface area (TPSA) is 64.4 Å². The molecule has 1 unspecified atom stereocenters. The molecule has 5 heteroatoms. The molecule has 0 aromatic carbocycles. The molecule has 0 saturated carbocycles. The molecule has 0 aliphatic rings. The van der Waals surface area contributed by atoms with Gasteiger partial charge < -0.3 is 14.5 Å². The van der Waals surface area contributed by atoms with Crippen molar-refractivity contribution >= 4 is 5.91 Å². The number of methoxy groups -OCH3 is 1. The first-order chi connectivity index (χ1) is 6.63. The summed E-state index contributed by atoms with van der Waals surface area (Å²) in [5, 5.41) is 2.72. The summed E-state index contributed by atoms with van der Waals surface area (Å²) >= 11 is 0. The number of hydrogen-bond acceptors (Lipinski definition) is 4. The quantitative estimate of drug-likeness (QED) is 0.775. The Bertz CT molecular complexity index is 309. The number of carbonyl (C=O) groups is 1. The Morgan fingerprint density at radius 3 is 3.00 bits per heavy atom. The molecule has 1 aromatic rings. The highest BCUT2D eigenvalue weighted by atomic mass is 16.5. The molecule has 1 amide bonds. The van der Waals surface area contributed by atoms with E-state index in [1.54, 1.807) is 14.0 Å². The third-order valence-corrected chi connectivity index (χ3v) is 1.65. The number of aryl methyl sites for hydroxylation is 1. The summed E-state index contributed by atoms with van der Waals surface area (Å²) in [7, 11) is 1.59. The van der Waals surface area contributed by atoms with Crippen molar-refractivity contribution in [3.8, 4) is 0 Å². The van der Waals surface area contributed by atoms with Crippen LogP contribution in [0.15, 0.2) is 10.7 Å². The predicted molar refractivity (Wildman–Crippen MR) is 50.0 cm³/mol. The SMILES string of the molecule is COCC(C)NC(=O)c1coc(C)n1. The molecule has 1 heterocycles. The minimum absolute atomic E-state index is 0.0375. The van der Waals surface area contributed by atoms with Gasteiger partial charge in [0.25, 0.3) is 5.91 Å². The van der Waals surface area contributed by atoms with Crippen molar-refractivity contribution in [1.29, 1.82) is 0 Å². The van der Waals surface area contributed by atoms with Gasteiger partial charge in [0.15, 0.2) is 11.6 Å². The lowest BCUT2D eigenvalue weighted by Gasteiger charge is -2.10. The Hall–Kier alpha value is -1.36. The Morgan fingerprint density at radius 2 is 2.50 bits per heavy atom. The van der Waals surface area contributed by atoms with Crippen molar-refractivity contribution in [1.82, 2.24) is 10.3 Å². The molecule has 5 nitrogen and oxygen atoms in total. The van der Waals surface area contributed by atoms with Crippen LogP contribution in [-0.2, 0) is 4.74 Å². The van der Waals surface area contributed by atoms with E-state index in [9.17, 15) is 4.79 Å². The molecule has 0 spiro atoms. The highest BCUT2D eigenvalue weighted by molar-refractivity contribution is 5.92. The second kappa shape index (κ2) is 4.76. The summed E-state index contributed by atoms with van der Waals surface area (Å²) in [5.74, 6) is 0.237. The van der Waals surface area contributed by atoms with Gasteiger partial charge in [-0.25, -0.2) is 4.98 Å². The molecule has 0 fully saturated rings. The zero-order valence-electron chi connectivity index (χ0n) is 8.53. The molecule has 1 rings (SSSR count). The van der Waals surface area contributed by atoms with E-state index in [1.165, 1.54) is 6.26 Å². The molecule has 0 bridgehead atoms. The maximum Gasteiger partial charge on any atom is 0.273 e. The van der Waals surface area contributed by atoms with Gasteiger partial charge in [-0.15, -0.1) is 0 Å². The van der Waals surface area contributed by atoms with Crippen LogP contribution in [0.3, 0.4) is 0 Å². The zero-order chi connectivity index (χ0) is 10.6. The van der Waals surface area contributed by atoms with E-state index in [2.05, 4.69) is 10.3 Å². The van der Waals surface area contributed by atoms with E-state index in [4.69, 9.17) is 9.15 Å². The maximum atomic E-state index is 11.5. The number of hydrogen-bond donors (Lipinski definition) is 1. The van der Waals surface area contributed by atoms with Gasteiger partial charge >= 0.3 is 0 Å². The van der Waals surface area contributed by atoms with Gasteiger partial charge in [0.05, 0.1) is 6.61 Å². The molecular formula is C9H14N2O3. The van der Waals surface area contributed by atoms with E-state index >= 15 is 0 Å². The van der Waals surface area contributed by atoms with Crippen LogP contribution < -0.4 is 5.32 Å². The second-order valence-corrected chi connectivity index (χ2v) is 3.08. The van der Waals surface area contributed by atoms with Crippen molar-refractivity contribution in [2.45, 2.75) is 19.9 Å². The molecule has 14 heavy (non-hydrogen) atoms. The fourth-order valence-corrected chi connectivity index (χ4v) is 1.06. The standard InChI is InChI=1S/C9H14N2O3/c1-6(4-13-3)10-9(12)8-5-14-7(2)11-8/h5-6H,4H2,1-3H3,(H,10,12). The number of nitrogens with zero attached hydrogens (tertiary/aromatic N) is 1. The minimum atomic E-state index is -0.244. The maximum absolute atomic E-state index is 11.5. The van der Waals surface area contributed by atoms with Crippen LogP contribution in [0.1, 0.15) is 23.3 Å². The lowest BCUT2D eigenvalue weighted by molar-refractivity contribution is 0.0900. The van der Waals surface area contributed by atoms with E-state index in [0.717, 1.165) is 0 Å². The molecule has 0 aliphatic heterocycles. The van der Waals surface area contributed by atoms with E-state index in [-0.39, 0.29) is 11.9 Å². The van der Waals surface area contributed by atoms with Gasteiger partial charge in [0.1, 0.15) is 6.26 Å². The molecule has 78 valence electrons. The number of ether oxygens (including phenoxy) is 1. The lowest BCUT2D eigenvalue weighted by atomic mass is 10.3. The third kappa shape index (κ3) is 2.85. The first-order valence-electron chi connectivity index (χ1n) is 4.35. The lowest BCUT2D eigenvalue weighted by Crippen LogP contribution is -2.35. The smallest absolute Gasteiger partial charge is 0.273 e. The molecule has 0 radical (unpaired) electrons. The molecule has 0 saturated heterocycles. The van der Waals surface area contributed by atoms with Gasteiger partial charge in [-0.05, 0) is 6.92 Å². The Morgan fingerprint density at radius 1 is 1.79 bits per heavy atom. The fourth-order valence-electron chi connectivity index (χ4n) is 1.06. The van der Waals surface area contributed by atoms with Gasteiger partial charge in [0, 0.05) is 20.1 Å². The molecular weight excluding hydrogens is 184 g/mol. The summed E-state index contributed by atoms with van der Waals surface area (Å²) < 4.78 is 9.81. The van der Waals surface area contributed by atoms with Crippen molar-refractivity contribution in [3.05, 3.63) is 17.8 Å². The predicted octanol–water partition coefficient (Wildman–Crippen LogP) is 0.748. The van der Waals surface area contributed by atoms with Gasteiger partial charge in [-0.2, -0.15) is 0 Å². The molecule has 1 atom stereocenters. The minimum Gasteiger partial charge on any atom is -0.448 e. The first kappa shape index (κ1) is 10.7. The highest BCUT2D eigenvalue weighted by Gasteiger charge is 2.12. The van der Waals surface area contributed by atoms with Crippen LogP contribution >= 0.6 is 0 Å². The highest BCUT2D eigenvalue weighted by Crippen LogP contribution is 2.00. The van der Waals surface area contributed by atoms with Crippen molar-refractivity contribution in [2.75, 3.05) is 13.7 Å². The molecule has 0 aliphatic carbocycles. The van der Waals surface area contributed by atoms with Crippen LogP contribution in [0.2, 0.25) is 0 Å². The monoisotopic (exact) mass is 198 g/mol. The van der Waals surface area contributed by atoms with Crippen LogP contribution in [0, 0.1) is 6.92 Å². The Kier molecular flexibility index (Phi) is 3.64. The van der Waals surface area contributed by atoms with E-state index in [1.807, 2.05) is 6.92 Å². The Balaban J connectivity index is 2.50. The summed E-state index contributed by atoms with van der Waals surface area (Å²) in [6.07, 6.45) is 1.34. The Labute approximate surface area is 82.5 Å². The number of rotatable bonds is 4. The van der Waals surface area contributed by atoms with Crippen LogP contribution in [-0.4, -0.2) is 30.6 Å². The molecule has 1 N–H and O–H groups in total. The fraction of sp³-hybridized carbons (Fsp3) is 0.556. The number of carbonyl (C=O) groups excluding carboxylic acids is 1. The number of nitrogens with one attached hydrogen (secondary N) is 1. The summed E-state index contributed by atoms with van der Waals surface area (Å²) in [6.45, 7) is 4.02. The zero-order valence-corrected chi connectivity index (χ0v) is 8.53. The molecule has 1 aromatic heterocycles. The third-order valence-electron chi connectivity index (χ3n) is 1.65. The van der Waals surface area contributed by atoms with Crippen LogP contribution in [0.25, 0.3) is 0 Å². The first-order valence-corrected chi connectivity index (χ1v) is 4.35. The summed E-state index contributed by atoms with van der Waals surface area (Å²) in [5.41, 5.74) is 0.297. The number of aromatic nitrogens is 1. The van der Waals surface area contributed by atoms with Crippen molar-refractivity contribution in [2.24, 2.45) is 0 Å². The van der Waals surface area contributed by atoms with Gasteiger partial charge in [-0.3, -0.25) is 4.79 Å². The van der Waals surface area contributed by atoms with E-state index < -0.39 is 0 Å². The van der Waals surface area contributed by atoms with Crippen molar-refractivity contribution in [3.63, 3.8) is 0 Å². The average molecular weight is 198 g/mol. The number of oxazole rings is 1. The van der Waals surface area contributed by atoms with Gasteiger partial charge in [-0.1, -0.05) is 0 Å². The van der Waals surface area contributed by atoms with Crippen LogP contribution in [0.5, 0.6) is 0 Å². The van der Waals surface area contributed by atoms with Gasteiger partial charge in [0.2, 0.25) is 0 Å². The largest absolute Gasteiger partial charge is 0.448 e. The van der Waals surface area contributed by atoms with Crippen molar-refractivity contribution < 1.29 is 13.9 Å². The summed E-state index contributed by atoms with van der Waals surface area (Å²) in [4.78, 5) is 15.4. The summed E-state index contributed by atoms with van der Waals surface area (Å²) in [6, 6.07) is -0.0375. The van der Waals surface area contributed by atoms with Crippen LogP contribution in [0.4, 0.5) is 0 Å². The second-order valence-electron chi connectivity index (χ2n) is 3.08. The average Bonchev–Trinajstić information content (AvgIpc) is 2.52. The van der Waals surface area contributed by atoms with E-state index in [0.29, 0.717) is 18.2 Å². The normalized spacial score (nSPS) is 12.5. The number of amides is 1.